The summed E-state index contributed by atoms with van der Waals surface area (Å²) in [6, 6.07) is 6.39. The van der Waals surface area contributed by atoms with Gasteiger partial charge in [-0.25, -0.2) is 0 Å². The lowest BCUT2D eigenvalue weighted by atomic mass is 9.99. The molecule has 1 N–H and O–H groups in total. The van der Waals surface area contributed by atoms with Crippen LogP contribution in [0.25, 0.3) is 0 Å². The summed E-state index contributed by atoms with van der Waals surface area (Å²) in [6.07, 6.45) is 5.52. The summed E-state index contributed by atoms with van der Waals surface area (Å²) >= 11 is 0. The molecule has 26 heavy (non-hydrogen) atoms. The van der Waals surface area contributed by atoms with Gasteiger partial charge >= 0.3 is 0 Å². The van der Waals surface area contributed by atoms with Crippen LogP contribution in [0.15, 0.2) is 18.2 Å². The quantitative estimate of drug-likeness (QED) is 0.895. The SMILES string of the molecule is CC1CC[NH+](CC(=O)N2CCC[C@@H]2c2ccc3c(c2)OCCCO3)CC1. The van der Waals surface area contributed by atoms with Crippen LogP contribution in [0.2, 0.25) is 0 Å². The second kappa shape index (κ2) is 7.87. The van der Waals surface area contributed by atoms with E-state index in [0.29, 0.717) is 25.7 Å². The fourth-order valence-corrected chi connectivity index (χ4v) is 4.46. The van der Waals surface area contributed by atoms with E-state index >= 15 is 0 Å². The van der Waals surface area contributed by atoms with Crippen LogP contribution in [-0.2, 0) is 4.79 Å². The number of hydrogen-bond donors (Lipinski definition) is 1. The Morgan fingerprint density at radius 1 is 1.12 bits per heavy atom. The van der Waals surface area contributed by atoms with Gasteiger partial charge in [-0.1, -0.05) is 13.0 Å². The van der Waals surface area contributed by atoms with Gasteiger partial charge in [0, 0.05) is 13.0 Å². The summed E-state index contributed by atoms with van der Waals surface area (Å²) in [7, 11) is 0. The number of nitrogens with zero attached hydrogens (tertiary/aromatic N) is 1. The molecule has 0 bridgehead atoms. The van der Waals surface area contributed by atoms with Crippen LogP contribution >= 0.6 is 0 Å². The fourth-order valence-electron chi connectivity index (χ4n) is 4.46. The van der Waals surface area contributed by atoms with Gasteiger partial charge in [0.25, 0.3) is 5.91 Å². The predicted molar refractivity (Wildman–Crippen MR) is 99.7 cm³/mol. The molecule has 1 aromatic carbocycles. The molecule has 1 aromatic rings. The highest BCUT2D eigenvalue weighted by Gasteiger charge is 2.33. The van der Waals surface area contributed by atoms with Gasteiger partial charge in [-0.05, 0) is 49.3 Å². The number of piperidine rings is 1. The zero-order valence-electron chi connectivity index (χ0n) is 15.8. The number of carbonyl (C=O) groups is 1. The number of quaternary nitrogens is 1. The minimum Gasteiger partial charge on any atom is -0.490 e. The summed E-state index contributed by atoms with van der Waals surface area (Å²) < 4.78 is 11.6. The van der Waals surface area contributed by atoms with Crippen LogP contribution in [-0.4, -0.2) is 50.2 Å². The number of amides is 1. The highest BCUT2D eigenvalue weighted by atomic mass is 16.5. The molecule has 5 nitrogen and oxygen atoms in total. The molecule has 1 atom stereocenters. The van der Waals surface area contributed by atoms with Gasteiger partial charge in [-0.3, -0.25) is 4.79 Å². The van der Waals surface area contributed by atoms with Crippen molar-refractivity contribution in [1.29, 1.82) is 0 Å². The first kappa shape index (κ1) is 17.7. The van der Waals surface area contributed by atoms with E-state index in [1.165, 1.54) is 23.3 Å². The van der Waals surface area contributed by atoms with E-state index in [0.717, 1.165) is 56.3 Å². The molecule has 0 spiro atoms. The molecule has 4 rings (SSSR count). The Labute approximate surface area is 156 Å². The summed E-state index contributed by atoms with van der Waals surface area (Å²) in [5.41, 5.74) is 1.18. The summed E-state index contributed by atoms with van der Waals surface area (Å²) in [6.45, 7) is 7.51. The second-order valence-corrected chi connectivity index (χ2v) is 8.11. The lowest BCUT2D eigenvalue weighted by Gasteiger charge is -2.30. The third-order valence-electron chi connectivity index (χ3n) is 6.11. The molecular formula is C21H31N2O3+. The van der Waals surface area contributed by atoms with Gasteiger partial charge in [0.05, 0.1) is 32.3 Å². The van der Waals surface area contributed by atoms with Crippen molar-refractivity contribution in [1.82, 2.24) is 4.90 Å². The molecule has 0 aliphatic carbocycles. The van der Waals surface area contributed by atoms with Gasteiger partial charge in [0.2, 0.25) is 0 Å². The highest BCUT2D eigenvalue weighted by molar-refractivity contribution is 5.78. The van der Waals surface area contributed by atoms with Crippen LogP contribution in [0.4, 0.5) is 0 Å². The molecule has 0 radical (unpaired) electrons. The maximum Gasteiger partial charge on any atom is 0.278 e. The zero-order chi connectivity index (χ0) is 17.9. The van der Waals surface area contributed by atoms with Crippen LogP contribution in [0.3, 0.4) is 0 Å². The van der Waals surface area contributed by atoms with E-state index in [-0.39, 0.29) is 6.04 Å². The molecule has 5 heteroatoms. The smallest absolute Gasteiger partial charge is 0.278 e. The van der Waals surface area contributed by atoms with E-state index in [2.05, 4.69) is 24.0 Å². The summed E-state index contributed by atoms with van der Waals surface area (Å²) in [5.74, 6) is 2.78. The second-order valence-electron chi connectivity index (χ2n) is 8.11. The van der Waals surface area contributed by atoms with Gasteiger partial charge in [-0.15, -0.1) is 0 Å². The Bertz CT molecular complexity index is 640. The Morgan fingerprint density at radius 3 is 2.69 bits per heavy atom. The third kappa shape index (κ3) is 3.83. The number of carbonyl (C=O) groups excluding carboxylic acids is 1. The minimum atomic E-state index is 0.183. The van der Waals surface area contributed by atoms with Gasteiger partial charge in [0.1, 0.15) is 0 Å². The Hall–Kier alpha value is -1.75. The first-order valence-electron chi connectivity index (χ1n) is 10.2. The molecule has 3 aliphatic heterocycles. The largest absolute Gasteiger partial charge is 0.490 e. The number of benzene rings is 1. The van der Waals surface area contributed by atoms with Gasteiger partial charge in [0.15, 0.2) is 18.0 Å². The van der Waals surface area contributed by atoms with Crippen molar-refractivity contribution in [2.45, 2.75) is 45.1 Å². The molecule has 142 valence electrons. The third-order valence-corrected chi connectivity index (χ3v) is 6.11. The lowest BCUT2D eigenvalue weighted by Crippen LogP contribution is -3.14. The average molecular weight is 359 g/mol. The van der Waals surface area contributed by atoms with Crippen molar-refractivity contribution in [3.8, 4) is 11.5 Å². The van der Waals surface area contributed by atoms with Crippen molar-refractivity contribution in [3.05, 3.63) is 23.8 Å². The maximum absolute atomic E-state index is 13.0. The number of ether oxygens (including phenoxy) is 2. The van der Waals surface area contributed by atoms with Crippen molar-refractivity contribution in [2.75, 3.05) is 39.4 Å². The van der Waals surface area contributed by atoms with Crippen molar-refractivity contribution >= 4 is 5.91 Å². The van der Waals surface area contributed by atoms with Gasteiger partial charge < -0.3 is 19.3 Å². The standard InChI is InChI=1S/C21H30N2O3/c1-16-7-10-22(11-8-16)15-21(24)23-9-2-4-18(23)17-5-6-19-20(14-17)26-13-3-12-25-19/h5-6,14,16,18H,2-4,7-13,15H2,1H3/p+1/t18-/m1/s1. The van der Waals surface area contributed by atoms with Crippen LogP contribution in [0, 0.1) is 5.92 Å². The number of likely N-dealkylation sites (tertiary alicyclic amines) is 2. The molecule has 2 fully saturated rings. The van der Waals surface area contributed by atoms with Crippen LogP contribution < -0.4 is 14.4 Å². The monoisotopic (exact) mass is 359 g/mol. The molecule has 3 heterocycles. The van der Waals surface area contributed by atoms with E-state index < -0.39 is 0 Å². The molecule has 0 aromatic heterocycles. The first-order valence-corrected chi connectivity index (χ1v) is 10.2. The van der Waals surface area contributed by atoms with E-state index in [4.69, 9.17) is 9.47 Å². The van der Waals surface area contributed by atoms with E-state index in [1.807, 2.05) is 6.07 Å². The lowest BCUT2D eigenvalue weighted by molar-refractivity contribution is -0.898. The minimum absolute atomic E-state index is 0.183. The Balaban J connectivity index is 1.44. The molecule has 0 unspecified atom stereocenters. The Kier molecular flexibility index (Phi) is 5.34. The van der Waals surface area contributed by atoms with E-state index in [9.17, 15) is 4.79 Å². The van der Waals surface area contributed by atoms with E-state index in [1.54, 1.807) is 0 Å². The van der Waals surface area contributed by atoms with Crippen molar-refractivity contribution < 1.29 is 19.2 Å². The van der Waals surface area contributed by atoms with Crippen LogP contribution in [0.5, 0.6) is 11.5 Å². The number of fused-ring (bicyclic) bond motifs is 1. The predicted octanol–water partition coefficient (Wildman–Crippen LogP) is 1.83. The molecular weight excluding hydrogens is 328 g/mol. The topological polar surface area (TPSA) is 43.2 Å². The molecule has 0 saturated carbocycles. The summed E-state index contributed by atoms with van der Waals surface area (Å²) in [5, 5.41) is 0. The first-order chi connectivity index (χ1) is 12.7. The van der Waals surface area contributed by atoms with Crippen molar-refractivity contribution in [2.24, 2.45) is 5.92 Å². The fraction of sp³-hybridized carbons (Fsp3) is 0.667. The average Bonchev–Trinajstić information content (AvgIpc) is 3.02. The maximum atomic E-state index is 13.0. The molecule has 3 aliphatic rings. The molecule has 1 amide bonds. The molecule has 2 saturated heterocycles. The highest BCUT2D eigenvalue weighted by Crippen LogP contribution is 2.37. The number of rotatable bonds is 3. The number of hydrogen-bond acceptors (Lipinski definition) is 3. The van der Waals surface area contributed by atoms with Crippen molar-refractivity contribution in [3.63, 3.8) is 0 Å². The normalized spacial score (nSPS) is 28.7. The van der Waals surface area contributed by atoms with Gasteiger partial charge in [-0.2, -0.15) is 0 Å². The zero-order valence-corrected chi connectivity index (χ0v) is 15.8. The number of nitrogens with one attached hydrogen (secondary N) is 1. The Morgan fingerprint density at radius 2 is 1.88 bits per heavy atom. The summed E-state index contributed by atoms with van der Waals surface area (Å²) in [4.78, 5) is 16.5. The van der Waals surface area contributed by atoms with Crippen LogP contribution in [0.1, 0.15) is 50.6 Å².